The van der Waals surface area contributed by atoms with E-state index in [9.17, 15) is 4.79 Å². The van der Waals surface area contributed by atoms with Crippen molar-refractivity contribution >= 4 is 5.97 Å². The van der Waals surface area contributed by atoms with Crippen LogP contribution in [0, 0.1) is 0 Å². The molecule has 0 aliphatic carbocycles. The van der Waals surface area contributed by atoms with Gasteiger partial charge in [0.1, 0.15) is 6.61 Å². The number of hydrogen-bond acceptors (Lipinski definition) is 3. The number of aliphatic hydroxyl groups is 1. The Hall–Kier alpha value is -0.830. The van der Waals surface area contributed by atoms with Crippen molar-refractivity contribution < 1.29 is 14.6 Å². The predicted octanol–water partition coefficient (Wildman–Crippen LogP) is 0.486. The monoisotopic (exact) mass is 144 g/mol. The van der Waals surface area contributed by atoms with Gasteiger partial charge in [-0.2, -0.15) is 0 Å². The number of rotatable bonds is 4. The van der Waals surface area contributed by atoms with Gasteiger partial charge in [-0.15, -0.1) is 0 Å². The molecule has 0 rings (SSSR count). The molecular weight excluding hydrogens is 132 g/mol. The van der Waals surface area contributed by atoms with Gasteiger partial charge in [-0.1, -0.05) is 12.7 Å². The fraction of sp³-hybridized carbons (Fsp3) is 0.571. The lowest BCUT2D eigenvalue weighted by Crippen LogP contribution is -2.12. The number of ether oxygens (including phenoxy) is 1. The summed E-state index contributed by atoms with van der Waals surface area (Å²) in [6.07, 6.45) is 0.908. The quantitative estimate of drug-likeness (QED) is 0.461. The molecule has 10 heavy (non-hydrogen) atoms. The SMILES string of the molecule is C=CCOC(=O)C[C@@H](C)O. The van der Waals surface area contributed by atoms with E-state index in [4.69, 9.17) is 5.11 Å². The van der Waals surface area contributed by atoms with Crippen molar-refractivity contribution in [2.45, 2.75) is 19.4 Å². The highest BCUT2D eigenvalue weighted by Gasteiger charge is 2.04. The standard InChI is InChI=1S/C7H12O3/c1-3-4-10-7(9)5-6(2)8/h3,6,8H,1,4-5H2,2H3/t6-/m1/s1. The Balaban J connectivity index is 3.34. The topological polar surface area (TPSA) is 46.5 Å². The minimum absolute atomic E-state index is 0.0494. The molecule has 1 N–H and O–H groups in total. The fourth-order valence-electron chi connectivity index (χ4n) is 0.452. The van der Waals surface area contributed by atoms with E-state index in [1.54, 1.807) is 0 Å². The second-order valence-electron chi connectivity index (χ2n) is 2.02. The smallest absolute Gasteiger partial charge is 0.308 e. The summed E-state index contributed by atoms with van der Waals surface area (Å²) in [5.41, 5.74) is 0. The summed E-state index contributed by atoms with van der Waals surface area (Å²) in [5.74, 6) is -0.394. The van der Waals surface area contributed by atoms with Crippen molar-refractivity contribution in [2.75, 3.05) is 6.61 Å². The lowest BCUT2D eigenvalue weighted by Gasteiger charge is -2.02. The van der Waals surface area contributed by atoms with Gasteiger partial charge in [-0.05, 0) is 6.92 Å². The van der Waals surface area contributed by atoms with Crippen molar-refractivity contribution in [1.29, 1.82) is 0 Å². The van der Waals surface area contributed by atoms with Crippen LogP contribution in [0.15, 0.2) is 12.7 Å². The second kappa shape index (κ2) is 4.99. The molecule has 0 fully saturated rings. The summed E-state index contributed by atoms with van der Waals surface area (Å²) >= 11 is 0. The molecule has 0 bridgehead atoms. The lowest BCUT2D eigenvalue weighted by molar-refractivity contribution is -0.144. The molecule has 0 aliphatic rings. The van der Waals surface area contributed by atoms with Crippen molar-refractivity contribution in [3.05, 3.63) is 12.7 Å². The van der Waals surface area contributed by atoms with E-state index in [2.05, 4.69) is 11.3 Å². The molecule has 0 radical (unpaired) electrons. The van der Waals surface area contributed by atoms with Gasteiger partial charge < -0.3 is 9.84 Å². The van der Waals surface area contributed by atoms with Gasteiger partial charge in [0.25, 0.3) is 0 Å². The highest BCUT2D eigenvalue weighted by Crippen LogP contribution is 1.92. The van der Waals surface area contributed by atoms with Crippen LogP contribution in [-0.4, -0.2) is 23.8 Å². The Morgan fingerprint density at radius 2 is 2.50 bits per heavy atom. The van der Waals surface area contributed by atoms with Gasteiger partial charge in [-0.25, -0.2) is 0 Å². The molecule has 0 aromatic carbocycles. The van der Waals surface area contributed by atoms with Crippen LogP contribution in [-0.2, 0) is 9.53 Å². The fourth-order valence-corrected chi connectivity index (χ4v) is 0.452. The number of carbonyl (C=O) groups excluding carboxylic acids is 1. The zero-order chi connectivity index (χ0) is 7.98. The van der Waals surface area contributed by atoms with Crippen molar-refractivity contribution in [3.8, 4) is 0 Å². The first-order chi connectivity index (χ1) is 4.66. The van der Waals surface area contributed by atoms with Crippen LogP contribution in [0.25, 0.3) is 0 Å². The van der Waals surface area contributed by atoms with Crippen LogP contribution >= 0.6 is 0 Å². The highest BCUT2D eigenvalue weighted by atomic mass is 16.5. The summed E-state index contributed by atoms with van der Waals surface area (Å²) in [7, 11) is 0. The Bertz CT molecular complexity index is 118. The predicted molar refractivity (Wildman–Crippen MR) is 37.5 cm³/mol. The maximum atomic E-state index is 10.6. The third-order valence-corrected chi connectivity index (χ3v) is 0.824. The molecule has 3 nitrogen and oxygen atoms in total. The lowest BCUT2D eigenvalue weighted by atomic mass is 10.3. The maximum absolute atomic E-state index is 10.6. The van der Waals surface area contributed by atoms with Gasteiger partial charge in [0.2, 0.25) is 0 Å². The third kappa shape index (κ3) is 5.31. The van der Waals surface area contributed by atoms with E-state index in [-0.39, 0.29) is 13.0 Å². The van der Waals surface area contributed by atoms with Gasteiger partial charge in [0.15, 0.2) is 0 Å². The molecule has 0 heterocycles. The first-order valence-electron chi connectivity index (χ1n) is 3.11. The van der Waals surface area contributed by atoms with E-state index in [1.165, 1.54) is 13.0 Å². The minimum Gasteiger partial charge on any atom is -0.461 e. The van der Waals surface area contributed by atoms with Gasteiger partial charge in [-0.3, -0.25) is 4.79 Å². The largest absolute Gasteiger partial charge is 0.461 e. The van der Waals surface area contributed by atoms with E-state index in [0.717, 1.165) is 0 Å². The van der Waals surface area contributed by atoms with E-state index < -0.39 is 12.1 Å². The van der Waals surface area contributed by atoms with Crippen LogP contribution < -0.4 is 0 Å². The molecule has 0 amide bonds. The van der Waals surface area contributed by atoms with E-state index >= 15 is 0 Å². The molecule has 0 unspecified atom stereocenters. The molecule has 0 aromatic rings. The number of esters is 1. The molecule has 0 aliphatic heterocycles. The highest BCUT2D eigenvalue weighted by molar-refractivity contribution is 5.69. The number of aliphatic hydroxyl groups excluding tert-OH is 1. The average molecular weight is 144 g/mol. The Kier molecular flexibility index (Phi) is 4.58. The van der Waals surface area contributed by atoms with Crippen LogP contribution in [0.2, 0.25) is 0 Å². The van der Waals surface area contributed by atoms with Crippen molar-refractivity contribution in [2.24, 2.45) is 0 Å². The minimum atomic E-state index is -0.627. The van der Waals surface area contributed by atoms with E-state index in [0.29, 0.717) is 0 Å². The third-order valence-electron chi connectivity index (χ3n) is 0.824. The average Bonchev–Trinajstić information content (AvgIpc) is 1.82. The maximum Gasteiger partial charge on any atom is 0.308 e. The van der Waals surface area contributed by atoms with Crippen molar-refractivity contribution in [3.63, 3.8) is 0 Å². The summed E-state index contributed by atoms with van der Waals surface area (Å²) in [6, 6.07) is 0. The summed E-state index contributed by atoms with van der Waals surface area (Å²) in [4.78, 5) is 10.6. The zero-order valence-corrected chi connectivity index (χ0v) is 6.04. The van der Waals surface area contributed by atoms with E-state index in [1.807, 2.05) is 0 Å². The van der Waals surface area contributed by atoms with Crippen LogP contribution in [0.1, 0.15) is 13.3 Å². The first-order valence-corrected chi connectivity index (χ1v) is 3.11. The Morgan fingerprint density at radius 1 is 1.90 bits per heavy atom. The first kappa shape index (κ1) is 9.17. The van der Waals surface area contributed by atoms with Crippen LogP contribution in [0.4, 0.5) is 0 Å². The normalized spacial score (nSPS) is 12.2. The second-order valence-corrected chi connectivity index (χ2v) is 2.02. The van der Waals surface area contributed by atoms with Crippen molar-refractivity contribution in [1.82, 2.24) is 0 Å². The van der Waals surface area contributed by atoms with Crippen LogP contribution in [0.5, 0.6) is 0 Å². The summed E-state index contributed by atoms with van der Waals surface area (Å²) in [6.45, 7) is 5.12. The molecule has 3 heteroatoms. The molecule has 58 valence electrons. The van der Waals surface area contributed by atoms with Crippen LogP contribution in [0.3, 0.4) is 0 Å². The van der Waals surface area contributed by atoms with Gasteiger partial charge in [0.05, 0.1) is 12.5 Å². The molecule has 1 atom stereocenters. The molecule has 0 saturated carbocycles. The zero-order valence-electron chi connectivity index (χ0n) is 6.04. The Morgan fingerprint density at radius 3 is 2.90 bits per heavy atom. The summed E-state index contributed by atoms with van der Waals surface area (Å²) in [5, 5.41) is 8.70. The Labute approximate surface area is 60.3 Å². The molecular formula is C7H12O3. The molecule has 0 aromatic heterocycles. The number of hydrogen-bond donors (Lipinski definition) is 1. The van der Waals surface area contributed by atoms with Gasteiger partial charge >= 0.3 is 5.97 Å². The summed E-state index contributed by atoms with van der Waals surface area (Å²) < 4.78 is 4.58. The number of carbonyl (C=O) groups is 1. The molecule has 0 spiro atoms. The molecule has 0 saturated heterocycles. The van der Waals surface area contributed by atoms with Gasteiger partial charge in [0, 0.05) is 0 Å².